The Bertz CT molecular complexity index is 1180. The molecule has 164 valence electrons. The van der Waals surface area contributed by atoms with Gasteiger partial charge in [0.1, 0.15) is 11.1 Å². The fourth-order valence-corrected chi connectivity index (χ4v) is 3.23. The van der Waals surface area contributed by atoms with Crippen molar-refractivity contribution in [2.24, 2.45) is 0 Å². The van der Waals surface area contributed by atoms with E-state index in [2.05, 4.69) is 0 Å². The smallest absolute Gasteiger partial charge is 0.308 e. The van der Waals surface area contributed by atoms with Crippen LogP contribution in [0.5, 0.6) is 34.5 Å². The number of methoxy groups -OCH3 is 5. The first-order valence-electron chi connectivity index (χ1n) is 9.11. The molecule has 0 N–H and O–H groups in total. The highest BCUT2D eigenvalue weighted by Crippen LogP contribution is 2.51. The Morgan fingerprint density at radius 2 is 1.29 bits per heavy atom. The predicted octanol–water partition coefficient (Wildman–Crippen LogP) is 3.43. The molecule has 1 heterocycles. The number of fused-ring (bicyclic) bond motifs is 1. The molecule has 0 radical (unpaired) electrons. The highest BCUT2D eigenvalue weighted by atomic mass is 16.6. The second kappa shape index (κ2) is 8.86. The number of benzene rings is 2. The third-order valence-electron chi connectivity index (χ3n) is 4.54. The quantitative estimate of drug-likeness (QED) is 0.522. The lowest BCUT2D eigenvalue weighted by molar-refractivity contribution is -0.132. The fourth-order valence-electron chi connectivity index (χ4n) is 3.23. The van der Waals surface area contributed by atoms with Crippen molar-refractivity contribution in [2.45, 2.75) is 6.92 Å². The summed E-state index contributed by atoms with van der Waals surface area (Å²) in [6.07, 6.45) is 0. The van der Waals surface area contributed by atoms with Gasteiger partial charge in [-0.3, -0.25) is 9.59 Å². The Balaban J connectivity index is 2.52. The van der Waals surface area contributed by atoms with Crippen LogP contribution in [0.3, 0.4) is 0 Å². The zero-order chi connectivity index (χ0) is 22.7. The molecule has 0 saturated heterocycles. The van der Waals surface area contributed by atoms with Gasteiger partial charge in [0.05, 0.1) is 35.5 Å². The number of hydrogen-bond acceptors (Lipinski definition) is 9. The zero-order valence-corrected chi connectivity index (χ0v) is 18.0. The molecule has 0 aliphatic rings. The van der Waals surface area contributed by atoms with Gasteiger partial charge in [0.2, 0.25) is 28.4 Å². The lowest BCUT2D eigenvalue weighted by Crippen LogP contribution is -2.15. The van der Waals surface area contributed by atoms with Crippen LogP contribution in [0.1, 0.15) is 6.92 Å². The van der Waals surface area contributed by atoms with Gasteiger partial charge in [-0.15, -0.1) is 0 Å². The Kier molecular flexibility index (Phi) is 6.24. The summed E-state index contributed by atoms with van der Waals surface area (Å²) in [7, 11) is 7.11. The van der Waals surface area contributed by atoms with Crippen LogP contribution < -0.4 is 33.8 Å². The average Bonchev–Trinajstić information content (AvgIpc) is 2.78. The minimum atomic E-state index is -0.687. The van der Waals surface area contributed by atoms with Crippen molar-refractivity contribution in [2.75, 3.05) is 35.5 Å². The third-order valence-corrected chi connectivity index (χ3v) is 4.54. The van der Waals surface area contributed by atoms with Crippen molar-refractivity contribution in [1.29, 1.82) is 0 Å². The number of hydrogen-bond donors (Lipinski definition) is 0. The minimum absolute atomic E-state index is 0.0227. The summed E-state index contributed by atoms with van der Waals surface area (Å²) in [4.78, 5) is 25.3. The maximum Gasteiger partial charge on any atom is 0.308 e. The second-order valence-corrected chi connectivity index (χ2v) is 6.25. The van der Waals surface area contributed by atoms with Gasteiger partial charge in [-0.05, 0) is 24.3 Å². The maximum atomic E-state index is 13.5. The number of carbonyl (C=O) groups is 1. The van der Waals surface area contributed by atoms with E-state index in [1.165, 1.54) is 42.5 Å². The van der Waals surface area contributed by atoms with E-state index < -0.39 is 11.4 Å². The van der Waals surface area contributed by atoms with Gasteiger partial charge < -0.3 is 32.8 Å². The van der Waals surface area contributed by atoms with Crippen LogP contribution in [0.15, 0.2) is 33.5 Å². The van der Waals surface area contributed by atoms with Gasteiger partial charge in [0, 0.05) is 12.5 Å². The molecule has 1 aromatic heterocycles. The van der Waals surface area contributed by atoms with E-state index in [1.54, 1.807) is 24.3 Å². The van der Waals surface area contributed by atoms with Crippen LogP contribution in [-0.4, -0.2) is 41.5 Å². The lowest BCUT2D eigenvalue weighted by Gasteiger charge is -2.19. The summed E-state index contributed by atoms with van der Waals surface area (Å²) < 4.78 is 38.2. The highest BCUT2D eigenvalue weighted by Gasteiger charge is 2.30. The van der Waals surface area contributed by atoms with Crippen LogP contribution in [0.25, 0.3) is 22.3 Å². The molecule has 0 amide bonds. The minimum Gasteiger partial charge on any atom is -0.497 e. The summed E-state index contributed by atoms with van der Waals surface area (Å²) in [5.74, 6) is 0.140. The van der Waals surface area contributed by atoms with Crippen molar-refractivity contribution in [3.63, 3.8) is 0 Å². The zero-order valence-electron chi connectivity index (χ0n) is 18.0. The summed E-state index contributed by atoms with van der Waals surface area (Å²) in [6.45, 7) is 1.19. The molecule has 2 aromatic carbocycles. The van der Waals surface area contributed by atoms with Gasteiger partial charge in [-0.1, -0.05) is 0 Å². The van der Waals surface area contributed by atoms with Gasteiger partial charge in [0.15, 0.2) is 17.1 Å². The molecule has 0 aliphatic heterocycles. The predicted molar refractivity (Wildman–Crippen MR) is 112 cm³/mol. The molecular formula is C22H22O9. The standard InChI is InChI=1S/C22H22O9/c1-11(23)30-19-15(24)14-17(26-3)20(27-4)22(29-6)21(28-5)18(14)31-16(19)12-7-9-13(25-2)10-8-12/h7-10H,1-6H3. The summed E-state index contributed by atoms with van der Waals surface area (Å²) >= 11 is 0. The van der Waals surface area contributed by atoms with Gasteiger partial charge in [-0.25, -0.2) is 0 Å². The van der Waals surface area contributed by atoms with Crippen LogP contribution in [-0.2, 0) is 4.79 Å². The van der Waals surface area contributed by atoms with E-state index in [-0.39, 0.29) is 45.5 Å². The van der Waals surface area contributed by atoms with Gasteiger partial charge >= 0.3 is 5.97 Å². The van der Waals surface area contributed by atoms with Gasteiger partial charge in [-0.2, -0.15) is 0 Å². The monoisotopic (exact) mass is 430 g/mol. The molecular weight excluding hydrogens is 408 g/mol. The molecule has 0 saturated carbocycles. The van der Waals surface area contributed by atoms with E-state index in [0.717, 1.165) is 0 Å². The molecule has 0 bridgehead atoms. The van der Waals surface area contributed by atoms with Crippen LogP contribution in [0.4, 0.5) is 0 Å². The van der Waals surface area contributed by atoms with E-state index in [4.69, 9.17) is 32.8 Å². The fraction of sp³-hybridized carbons (Fsp3) is 0.273. The number of esters is 1. The summed E-state index contributed by atoms with van der Waals surface area (Å²) in [6, 6.07) is 6.70. The molecule has 9 nitrogen and oxygen atoms in total. The summed E-state index contributed by atoms with van der Waals surface area (Å²) in [5, 5.41) is -0.0227. The third kappa shape index (κ3) is 3.70. The van der Waals surface area contributed by atoms with E-state index in [1.807, 2.05) is 0 Å². The van der Waals surface area contributed by atoms with Crippen molar-refractivity contribution >= 4 is 16.9 Å². The van der Waals surface area contributed by atoms with Crippen LogP contribution in [0.2, 0.25) is 0 Å². The SMILES string of the molecule is COc1ccc(-c2oc3c(OC)c(OC)c(OC)c(OC)c3c(=O)c2OC(C)=O)cc1. The first-order valence-corrected chi connectivity index (χ1v) is 9.11. The van der Waals surface area contributed by atoms with Crippen molar-refractivity contribution in [1.82, 2.24) is 0 Å². The second-order valence-electron chi connectivity index (χ2n) is 6.25. The Labute approximate surface area is 178 Å². The Morgan fingerprint density at radius 3 is 1.77 bits per heavy atom. The molecule has 0 atom stereocenters. The van der Waals surface area contributed by atoms with E-state index in [0.29, 0.717) is 11.3 Å². The van der Waals surface area contributed by atoms with Crippen molar-refractivity contribution in [3.05, 3.63) is 34.5 Å². The molecule has 0 aliphatic carbocycles. The highest BCUT2D eigenvalue weighted by molar-refractivity contribution is 5.97. The molecule has 3 aromatic rings. The number of carbonyl (C=O) groups excluding carboxylic acids is 1. The molecule has 3 rings (SSSR count). The number of ether oxygens (including phenoxy) is 6. The van der Waals surface area contributed by atoms with Crippen LogP contribution in [0, 0.1) is 0 Å². The van der Waals surface area contributed by atoms with E-state index >= 15 is 0 Å². The first-order chi connectivity index (χ1) is 14.9. The van der Waals surface area contributed by atoms with Crippen LogP contribution >= 0.6 is 0 Å². The van der Waals surface area contributed by atoms with Gasteiger partial charge in [0.25, 0.3) is 0 Å². The van der Waals surface area contributed by atoms with Crippen molar-refractivity contribution < 1.29 is 37.6 Å². The molecule has 0 spiro atoms. The normalized spacial score (nSPS) is 10.5. The lowest BCUT2D eigenvalue weighted by atomic mass is 10.1. The topological polar surface area (TPSA) is 103 Å². The molecule has 0 fully saturated rings. The molecule has 31 heavy (non-hydrogen) atoms. The first kappa shape index (κ1) is 21.8. The Hall–Kier alpha value is -3.88. The van der Waals surface area contributed by atoms with Crippen molar-refractivity contribution in [3.8, 4) is 45.8 Å². The number of rotatable bonds is 7. The molecule has 9 heteroatoms. The largest absolute Gasteiger partial charge is 0.497 e. The maximum absolute atomic E-state index is 13.5. The summed E-state index contributed by atoms with van der Waals surface area (Å²) in [5.41, 5.74) is -0.117. The Morgan fingerprint density at radius 1 is 0.742 bits per heavy atom. The average molecular weight is 430 g/mol. The molecule has 0 unspecified atom stereocenters. The van der Waals surface area contributed by atoms with E-state index in [9.17, 15) is 9.59 Å².